The summed E-state index contributed by atoms with van der Waals surface area (Å²) in [5.74, 6) is 0. The number of hydrogen-bond donors (Lipinski definition) is 1. The van der Waals surface area contributed by atoms with Crippen LogP contribution in [0.2, 0.25) is 0 Å². The number of rotatable bonds is 8. The smallest absolute Gasteiger partial charge is 0.292 e. The van der Waals surface area contributed by atoms with Gasteiger partial charge in [-0.3, -0.25) is 10.1 Å². The molecule has 0 aliphatic heterocycles. The van der Waals surface area contributed by atoms with E-state index in [1.807, 2.05) is 13.8 Å². The van der Waals surface area contributed by atoms with Crippen molar-refractivity contribution in [3.8, 4) is 0 Å². The highest BCUT2D eigenvalue weighted by Gasteiger charge is 2.10. The molecule has 1 rings (SSSR count). The van der Waals surface area contributed by atoms with Crippen molar-refractivity contribution in [1.82, 2.24) is 0 Å². The van der Waals surface area contributed by atoms with Gasteiger partial charge in [-0.2, -0.15) is 0 Å². The third kappa shape index (κ3) is 5.14. The first-order chi connectivity index (χ1) is 8.61. The van der Waals surface area contributed by atoms with E-state index in [1.54, 1.807) is 18.2 Å². The average Bonchev–Trinajstić information content (AvgIpc) is 2.33. The molecule has 0 heterocycles. The van der Waals surface area contributed by atoms with Crippen LogP contribution in [0.3, 0.4) is 0 Å². The number of anilines is 1. The molecular weight excluding hydrogens is 232 g/mol. The zero-order valence-electron chi connectivity index (χ0n) is 10.9. The summed E-state index contributed by atoms with van der Waals surface area (Å²) in [7, 11) is 0. The van der Waals surface area contributed by atoms with Crippen LogP contribution in [0.15, 0.2) is 24.3 Å². The van der Waals surface area contributed by atoms with Crippen LogP contribution in [0.4, 0.5) is 11.4 Å². The first-order valence-corrected chi connectivity index (χ1v) is 6.20. The number of nitro groups is 1. The maximum Gasteiger partial charge on any atom is 0.292 e. The molecule has 0 atom stereocenters. The summed E-state index contributed by atoms with van der Waals surface area (Å²) >= 11 is 0. The molecule has 1 aromatic carbocycles. The Balaban J connectivity index is 2.29. The quantitative estimate of drug-likeness (QED) is 0.438. The number of nitro benzene ring substituents is 1. The fourth-order valence-corrected chi connectivity index (χ4v) is 1.55. The zero-order chi connectivity index (χ0) is 13.4. The van der Waals surface area contributed by atoms with Crippen LogP contribution >= 0.6 is 0 Å². The fraction of sp³-hybridized carbons (Fsp3) is 0.538. The Hall–Kier alpha value is -1.62. The molecule has 0 aliphatic carbocycles. The van der Waals surface area contributed by atoms with Crippen molar-refractivity contribution < 1.29 is 9.66 Å². The highest BCUT2D eigenvalue weighted by atomic mass is 16.6. The van der Waals surface area contributed by atoms with Crippen molar-refractivity contribution in [1.29, 1.82) is 0 Å². The van der Waals surface area contributed by atoms with Crippen LogP contribution in [-0.2, 0) is 4.74 Å². The van der Waals surface area contributed by atoms with Crippen molar-refractivity contribution in [3.05, 3.63) is 34.4 Å². The molecule has 18 heavy (non-hydrogen) atoms. The highest BCUT2D eigenvalue weighted by Crippen LogP contribution is 2.22. The van der Waals surface area contributed by atoms with Gasteiger partial charge in [-0.05, 0) is 32.8 Å². The van der Waals surface area contributed by atoms with Crippen LogP contribution in [0.5, 0.6) is 0 Å². The van der Waals surface area contributed by atoms with Gasteiger partial charge in [0, 0.05) is 19.2 Å². The van der Waals surface area contributed by atoms with E-state index in [0.29, 0.717) is 12.2 Å². The van der Waals surface area contributed by atoms with Gasteiger partial charge in [-0.1, -0.05) is 12.1 Å². The lowest BCUT2D eigenvalue weighted by molar-refractivity contribution is -0.384. The van der Waals surface area contributed by atoms with E-state index in [0.717, 1.165) is 19.4 Å². The van der Waals surface area contributed by atoms with Gasteiger partial charge in [-0.15, -0.1) is 0 Å². The van der Waals surface area contributed by atoms with Crippen molar-refractivity contribution in [2.75, 3.05) is 18.5 Å². The molecule has 0 unspecified atom stereocenters. The molecule has 0 amide bonds. The summed E-state index contributed by atoms with van der Waals surface area (Å²) in [5, 5.41) is 13.9. The van der Waals surface area contributed by atoms with E-state index >= 15 is 0 Å². The van der Waals surface area contributed by atoms with Gasteiger partial charge in [-0.25, -0.2) is 0 Å². The van der Waals surface area contributed by atoms with Crippen molar-refractivity contribution >= 4 is 11.4 Å². The SMILES string of the molecule is CC(C)OCCCCNc1ccccc1[N+](=O)[O-]. The predicted octanol–water partition coefficient (Wildman–Crippen LogP) is 3.21. The Bertz CT molecular complexity index is 380. The summed E-state index contributed by atoms with van der Waals surface area (Å²) in [6, 6.07) is 6.68. The monoisotopic (exact) mass is 252 g/mol. The number of benzene rings is 1. The summed E-state index contributed by atoms with van der Waals surface area (Å²) < 4.78 is 5.42. The number of nitrogens with one attached hydrogen (secondary N) is 1. The van der Waals surface area contributed by atoms with Gasteiger partial charge in [0.25, 0.3) is 5.69 Å². The molecule has 1 aromatic rings. The number of para-hydroxylation sites is 2. The minimum Gasteiger partial charge on any atom is -0.379 e. The van der Waals surface area contributed by atoms with Crippen LogP contribution in [0, 0.1) is 10.1 Å². The average molecular weight is 252 g/mol. The molecular formula is C13H20N2O3. The molecule has 0 aliphatic rings. The van der Waals surface area contributed by atoms with Gasteiger partial charge in [0.2, 0.25) is 0 Å². The molecule has 0 saturated carbocycles. The Morgan fingerprint density at radius 2 is 2.06 bits per heavy atom. The fourth-order valence-electron chi connectivity index (χ4n) is 1.55. The molecule has 0 aromatic heterocycles. The van der Waals surface area contributed by atoms with Crippen molar-refractivity contribution in [3.63, 3.8) is 0 Å². The number of nitrogens with zero attached hydrogens (tertiary/aromatic N) is 1. The summed E-state index contributed by atoms with van der Waals surface area (Å²) in [6.07, 6.45) is 2.14. The molecule has 0 saturated heterocycles. The number of ether oxygens (including phenoxy) is 1. The molecule has 0 fully saturated rings. The third-order valence-electron chi connectivity index (χ3n) is 2.44. The Morgan fingerprint density at radius 1 is 1.33 bits per heavy atom. The Kier molecular flexibility index (Phi) is 6.14. The second kappa shape index (κ2) is 7.66. The normalized spacial score (nSPS) is 10.6. The Labute approximate surface area is 107 Å². The largest absolute Gasteiger partial charge is 0.379 e. The van der Waals surface area contributed by atoms with Crippen LogP contribution in [-0.4, -0.2) is 24.2 Å². The maximum absolute atomic E-state index is 10.8. The molecule has 0 spiro atoms. The van der Waals surface area contributed by atoms with Crippen LogP contribution < -0.4 is 5.32 Å². The standard InChI is InChI=1S/C13H20N2O3/c1-11(2)18-10-6-5-9-14-12-7-3-4-8-13(12)15(16)17/h3-4,7-8,11,14H,5-6,9-10H2,1-2H3. The molecule has 0 radical (unpaired) electrons. The minimum absolute atomic E-state index is 0.121. The van der Waals surface area contributed by atoms with Crippen molar-refractivity contribution in [2.24, 2.45) is 0 Å². The van der Waals surface area contributed by atoms with Gasteiger partial charge >= 0.3 is 0 Å². The summed E-state index contributed by atoms with van der Waals surface area (Å²) in [4.78, 5) is 10.4. The highest BCUT2D eigenvalue weighted by molar-refractivity contribution is 5.60. The lowest BCUT2D eigenvalue weighted by Gasteiger charge is -2.08. The van der Waals surface area contributed by atoms with E-state index in [4.69, 9.17) is 4.74 Å². The van der Waals surface area contributed by atoms with Crippen molar-refractivity contribution in [2.45, 2.75) is 32.8 Å². The number of hydrogen-bond acceptors (Lipinski definition) is 4. The van der Waals surface area contributed by atoms with Gasteiger partial charge in [0.15, 0.2) is 0 Å². The summed E-state index contributed by atoms with van der Waals surface area (Å²) in [6.45, 7) is 5.46. The first kappa shape index (κ1) is 14.4. The van der Waals surface area contributed by atoms with Crippen LogP contribution in [0.1, 0.15) is 26.7 Å². The second-order valence-corrected chi connectivity index (χ2v) is 4.33. The third-order valence-corrected chi connectivity index (χ3v) is 2.44. The molecule has 5 nitrogen and oxygen atoms in total. The zero-order valence-corrected chi connectivity index (χ0v) is 10.9. The lowest BCUT2D eigenvalue weighted by Crippen LogP contribution is -2.07. The molecule has 1 N–H and O–H groups in total. The van der Waals surface area contributed by atoms with E-state index < -0.39 is 0 Å². The van der Waals surface area contributed by atoms with E-state index in [-0.39, 0.29) is 16.7 Å². The van der Waals surface area contributed by atoms with Gasteiger partial charge in [0.05, 0.1) is 11.0 Å². The molecule has 0 bridgehead atoms. The van der Waals surface area contributed by atoms with E-state index in [9.17, 15) is 10.1 Å². The molecule has 100 valence electrons. The maximum atomic E-state index is 10.8. The first-order valence-electron chi connectivity index (χ1n) is 6.20. The minimum atomic E-state index is -0.371. The Morgan fingerprint density at radius 3 is 2.72 bits per heavy atom. The van der Waals surface area contributed by atoms with Crippen LogP contribution in [0.25, 0.3) is 0 Å². The lowest BCUT2D eigenvalue weighted by atomic mass is 10.2. The van der Waals surface area contributed by atoms with Gasteiger partial charge in [0.1, 0.15) is 5.69 Å². The molecule has 5 heteroatoms. The van der Waals surface area contributed by atoms with E-state index in [2.05, 4.69) is 5.32 Å². The second-order valence-electron chi connectivity index (χ2n) is 4.33. The number of unbranched alkanes of at least 4 members (excludes halogenated alkanes) is 1. The van der Waals surface area contributed by atoms with Gasteiger partial charge < -0.3 is 10.1 Å². The van der Waals surface area contributed by atoms with E-state index in [1.165, 1.54) is 6.07 Å². The summed E-state index contributed by atoms with van der Waals surface area (Å²) in [5.41, 5.74) is 0.697. The topological polar surface area (TPSA) is 64.4 Å². The predicted molar refractivity (Wildman–Crippen MR) is 71.9 cm³/mol.